The number of amides is 4. The van der Waals surface area contributed by atoms with Crippen LogP contribution in [-0.2, 0) is 25.5 Å². The summed E-state index contributed by atoms with van der Waals surface area (Å²) in [5.74, 6) is -0.452. The first kappa shape index (κ1) is 46.1. The van der Waals surface area contributed by atoms with Crippen LogP contribution in [0.2, 0.25) is 0 Å². The summed E-state index contributed by atoms with van der Waals surface area (Å²) in [6, 6.07) is 14.3. The van der Waals surface area contributed by atoms with Gasteiger partial charge in [0.25, 0.3) is 11.5 Å². The van der Waals surface area contributed by atoms with Crippen LogP contribution in [0.4, 0.5) is 15.3 Å². The van der Waals surface area contributed by atoms with Crippen molar-refractivity contribution in [2.24, 2.45) is 0 Å². The summed E-state index contributed by atoms with van der Waals surface area (Å²) in [6.07, 6.45) is 1.52. The first-order valence-corrected chi connectivity index (χ1v) is 22.0. The molecule has 2 saturated heterocycles. The number of hydrogen-bond acceptors (Lipinski definition) is 9. The van der Waals surface area contributed by atoms with Crippen molar-refractivity contribution in [1.82, 2.24) is 25.0 Å². The fraction of sp³-hybridized carbons (Fsp3) is 0.562. The number of carbonyl (C=O) groups is 4. The topological polar surface area (TPSA) is 154 Å². The van der Waals surface area contributed by atoms with Crippen molar-refractivity contribution < 1.29 is 33.4 Å². The molecule has 0 spiro atoms. The number of hydrogen-bond donors (Lipinski definition) is 2. The Hall–Kier alpha value is -5.37. The highest BCUT2D eigenvalue weighted by Crippen LogP contribution is 2.46. The number of carbonyl (C=O) groups excluding carboxylic acids is 4. The van der Waals surface area contributed by atoms with Crippen LogP contribution in [0.5, 0.6) is 0 Å². The predicted octanol–water partition coefficient (Wildman–Crippen LogP) is 7.07. The van der Waals surface area contributed by atoms with E-state index in [1.165, 1.54) is 0 Å². The van der Waals surface area contributed by atoms with Gasteiger partial charge in [0, 0.05) is 93.0 Å². The number of nitrogens with zero attached hydrogens (tertiary/aromatic N) is 4. The van der Waals surface area contributed by atoms with Gasteiger partial charge in [0.15, 0.2) is 0 Å². The molecule has 3 aliphatic rings. The van der Waals surface area contributed by atoms with Gasteiger partial charge < -0.3 is 39.2 Å². The van der Waals surface area contributed by atoms with Gasteiger partial charge in [-0.15, -0.1) is 0 Å². The second kappa shape index (κ2) is 18.9. The number of H-pyrrole nitrogens is 1. The molecular formula is C48H66N6O8. The van der Waals surface area contributed by atoms with Gasteiger partial charge in [0.1, 0.15) is 17.7 Å². The van der Waals surface area contributed by atoms with Gasteiger partial charge in [-0.05, 0) is 135 Å². The molecular weight excluding hydrogens is 789 g/mol. The van der Waals surface area contributed by atoms with Crippen molar-refractivity contribution in [3.63, 3.8) is 0 Å². The van der Waals surface area contributed by atoms with Gasteiger partial charge in [-0.3, -0.25) is 19.3 Å². The Morgan fingerprint density at radius 3 is 2.08 bits per heavy atom. The predicted molar refractivity (Wildman–Crippen MR) is 240 cm³/mol. The van der Waals surface area contributed by atoms with Crippen molar-refractivity contribution in [3.8, 4) is 11.1 Å². The minimum atomic E-state index is -0.749. The fourth-order valence-corrected chi connectivity index (χ4v) is 8.54. The zero-order valence-corrected chi connectivity index (χ0v) is 38.3. The molecule has 2 N–H and O–H groups in total. The lowest BCUT2D eigenvalue weighted by molar-refractivity contribution is -0.134. The average molecular weight is 855 g/mol. The number of piperazine rings is 1. The van der Waals surface area contributed by atoms with E-state index in [1.807, 2.05) is 86.6 Å². The molecule has 14 heteroatoms. The summed E-state index contributed by atoms with van der Waals surface area (Å²) in [5, 5.41) is 3.03. The largest absolute Gasteiger partial charge is 0.444 e. The lowest BCUT2D eigenvalue weighted by atomic mass is 9.94. The second-order valence-corrected chi connectivity index (χ2v) is 18.9. The molecule has 3 aromatic rings. The monoisotopic (exact) mass is 854 g/mol. The molecule has 336 valence electrons. The van der Waals surface area contributed by atoms with Gasteiger partial charge >= 0.3 is 12.2 Å². The minimum absolute atomic E-state index is 0.000728. The van der Waals surface area contributed by atoms with E-state index in [0.29, 0.717) is 56.9 Å². The number of aromatic nitrogens is 1. The number of aryl methyl sites for hydroxylation is 2. The summed E-state index contributed by atoms with van der Waals surface area (Å²) in [4.78, 5) is 76.9. The molecule has 0 unspecified atom stereocenters. The summed E-state index contributed by atoms with van der Waals surface area (Å²) in [5.41, 5.74) is 5.80. The molecule has 1 aromatic heterocycles. The molecule has 3 heterocycles. The number of benzene rings is 2. The Morgan fingerprint density at radius 1 is 0.855 bits per heavy atom. The number of ether oxygens (including phenoxy) is 3. The summed E-state index contributed by atoms with van der Waals surface area (Å²) in [7, 11) is 0. The molecule has 2 atom stereocenters. The Morgan fingerprint density at radius 2 is 1.48 bits per heavy atom. The van der Waals surface area contributed by atoms with Crippen LogP contribution >= 0.6 is 0 Å². The standard InChI is InChI=1S/C48H66N6O8/c1-11-53(36-16-22-60-23-17-36)40-26-35(25-37(32(40)4)43(56)49-28-39-30(2)24-31(3)50-44(39)57)33-12-14-34(15-13-33)38-27-41(38)54(46(59)62-48(8,9)10)29-42(55)51-18-20-52(21-19-51)45(58)61-47(5,6)7/h12-15,24-26,36,38,41H,11,16-23,27-29H2,1-10H3,(H,49,56)(H,50,57)/t38-,41+/m0/s1. The van der Waals surface area contributed by atoms with Crippen LogP contribution in [0.15, 0.2) is 47.3 Å². The molecule has 0 bridgehead atoms. The number of rotatable bonds is 11. The number of anilines is 1. The number of aromatic amines is 1. The Kier molecular flexibility index (Phi) is 14.1. The quantitative estimate of drug-likeness (QED) is 0.206. The van der Waals surface area contributed by atoms with E-state index in [0.717, 1.165) is 58.6 Å². The highest BCUT2D eigenvalue weighted by atomic mass is 16.6. The lowest BCUT2D eigenvalue weighted by Gasteiger charge is -2.37. The van der Waals surface area contributed by atoms with Gasteiger partial charge in [-0.25, -0.2) is 9.59 Å². The van der Waals surface area contributed by atoms with Crippen molar-refractivity contribution >= 4 is 29.7 Å². The van der Waals surface area contributed by atoms with Crippen molar-refractivity contribution in [2.45, 2.75) is 124 Å². The molecule has 2 aliphatic heterocycles. The molecule has 4 amide bonds. The third-order valence-corrected chi connectivity index (χ3v) is 11.9. The number of nitrogens with one attached hydrogen (secondary N) is 2. The van der Waals surface area contributed by atoms with E-state index >= 15 is 0 Å². The molecule has 14 nitrogen and oxygen atoms in total. The number of pyridine rings is 1. The SMILES string of the molecule is CCN(c1cc(-c2ccc([C@@H]3C[C@H]3N(CC(=O)N3CCN(C(=O)OC(C)(C)C)CC3)C(=O)OC(C)(C)C)cc2)cc(C(=O)NCc2c(C)cc(C)[nH]c2=O)c1C)C1CCOCC1. The third-order valence-electron chi connectivity index (χ3n) is 11.9. The highest BCUT2D eigenvalue weighted by molar-refractivity contribution is 5.99. The zero-order chi connectivity index (χ0) is 45.1. The van der Waals surface area contributed by atoms with E-state index in [4.69, 9.17) is 14.2 Å². The van der Waals surface area contributed by atoms with Gasteiger partial charge in [-0.1, -0.05) is 24.3 Å². The Balaban J connectivity index is 1.21. The normalized spacial score (nSPS) is 18.2. The van der Waals surface area contributed by atoms with Crippen LogP contribution in [0.1, 0.15) is 112 Å². The maximum atomic E-state index is 14.1. The van der Waals surface area contributed by atoms with Crippen molar-refractivity contribution in [3.05, 3.63) is 86.3 Å². The van der Waals surface area contributed by atoms with Gasteiger partial charge in [0.2, 0.25) is 5.91 Å². The smallest absolute Gasteiger partial charge is 0.411 e. The van der Waals surface area contributed by atoms with Gasteiger partial charge in [0.05, 0.1) is 0 Å². The first-order chi connectivity index (χ1) is 29.2. The second-order valence-electron chi connectivity index (χ2n) is 18.9. The Labute approximate surface area is 366 Å². The van der Waals surface area contributed by atoms with Crippen LogP contribution < -0.4 is 15.8 Å². The van der Waals surface area contributed by atoms with Crippen LogP contribution in [-0.4, -0.2) is 119 Å². The third kappa shape index (κ3) is 11.4. The van der Waals surface area contributed by atoms with E-state index < -0.39 is 23.4 Å². The van der Waals surface area contributed by atoms with Gasteiger partial charge in [-0.2, -0.15) is 0 Å². The minimum Gasteiger partial charge on any atom is -0.444 e. The molecule has 0 radical (unpaired) electrons. The highest BCUT2D eigenvalue weighted by Gasteiger charge is 2.47. The van der Waals surface area contributed by atoms with Crippen LogP contribution in [0.3, 0.4) is 0 Å². The fourth-order valence-electron chi connectivity index (χ4n) is 8.54. The molecule has 2 aromatic carbocycles. The first-order valence-electron chi connectivity index (χ1n) is 22.0. The lowest BCUT2D eigenvalue weighted by Crippen LogP contribution is -2.54. The summed E-state index contributed by atoms with van der Waals surface area (Å²) >= 11 is 0. The molecule has 1 saturated carbocycles. The van der Waals surface area contributed by atoms with Crippen LogP contribution in [0, 0.1) is 20.8 Å². The Bertz CT molecular complexity index is 2170. The molecule has 3 fully saturated rings. The van der Waals surface area contributed by atoms with Crippen LogP contribution in [0.25, 0.3) is 11.1 Å². The zero-order valence-electron chi connectivity index (χ0n) is 38.3. The van der Waals surface area contributed by atoms with E-state index in [9.17, 15) is 24.0 Å². The molecule has 62 heavy (non-hydrogen) atoms. The summed E-state index contributed by atoms with van der Waals surface area (Å²) < 4.78 is 17.0. The average Bonchev–Trinajstić information content (AvgIpc) is 4.00. The maximum Gasteiger partial charge on any atom is 0.411 e. The summed E-state index contributed by atoms with van der Waals surface area (Å²) in [6.45, 7) is 22.2. The molecule has 6 rings (SSSR count). The van der Waals surface area contributed by atoms with E-state index in [2.05, 4.69) is 40.3 Å². The van der Waals surface area contributed by atoms with E-state index in [-0.39, 0.29) is 48.5 Å². The van der Waals surface area contributed by atoms with E-state index in [1.54, 1.807) is 14.7 Å². The maximum absolute atomic E-state index is 14.1. The van der Waals surface area contributed by atoms with Crippen molar-refractivity contribution in [1.29, 1.82) is 0 Å². The van der Waals surface area contributed by atoms with Crippen molar-refractivity contribution in [2.75, 3.05) is 57.4 Å². The molecule has 1 aliphatic carbocycles.